The molecule has 1 aromatic heterocycles. The monoisotopic (exact) mass is 232 g/mol. The van der Waals surface area contributed by atoms with Crippen LogP contribution in [-0.2, 0) is 7.05 Å². The summed E-state index contributed by atoms with van der Waals surface area (Å²) in [5.74, 6) is 0.984. The topological polar surface area (TPSA) is 46.5 Å². The third-order valence-electron chi connectivity index (χ3n) is 3.22. The van der Waals surface area contributed by atoms with Crippen molar-refractivity contribution >= 4 is 5.84 Å². The quantitative estimate of drug-likeness (QED) is 0.616. The molecular formula is C13H20N4. The molecule has 2 rings (SSSR count). The number of aromatic nitrogens is 1. The minimum absolute atomic E-state index is 0.255. The second-order valence-corrected chi connectivity index (χ2v) is 4.59. The number of rotatable bonds is 2. The summed E-state index contributed by atoms with van der Waals surface area (Å²) >= 11 is 0. The molecule has 4 nitrogen and oxygen atoms in total. The van der Waals surface area contributed by atoms with Crippen molar-refractivity contribution in [3.8, 4) is 0 Å². The highest BCUT2D eigenvalue weighted by molar-refractivity contribution is 5.99. The van der Waals surface area contributed by atoms with Gasteiger partial charge in [0.25, 0.3) is 0 Å². The van der Waals surface area contributed by atoms with Crippen LogP contribution in [0.25, 0.3) is 0 Å². The number of aryl methyl sites for hydroxylation is 2. The van der Waals surface area contributed by atoms with E-state index in [0.717, 1.165) is 31.0 Å². The smallest absolute Gasteiger partial charge is 0.152 e. The van der Waals surface area contributed by atoms with Gasteiger partial charge in [-0.05, 0) is 25.0 Å². The summed E-state index contributed by atoms with van der Waals surface area (Å²) in [6.45, 7) is 7.65. The summed E-state index contributed by atoms with van der Waals surface area (Å²) in [5, 5.41) is 0. The molecule has 1 aliphatic heterocycles. The lowest BCUT2D eigenvalue weighted by atomic mass is 10.2. The number of aliphatic imine (C=N–C) groups is 1. The van der Waals surface area contributed by atoms with E-state index in [0.29, 0.717) is 0 Å². The SMILES string of the molecule is C=CN=C(c1c(C)ccn1C)N1CCC(N)C1. The Morgan fingerprint density at radius 3 is 2.88 bits per heavy atom. The molecule has 17 heavy (non-hydrogen) atoms. The number of nitrogens with two attached hydrogens (primary N) is 1. The molecule has 2 N–H and O–H groups in total. The Balaban J connectivity index is 2.36. The lowest BCUT2D eigenvalue weighted by Gasteiger charge is -2.21. The first-order valence-electron chi connectivity index (χ1n) is 5.95. The van der Waals surface area contributed by atoms with Crippen LogP contribution in [0.1, 0.15) is 17.7 Å². The van der Waals surface area contributed by atoms with Crippen molar-refractivity contribution in [2.45, 2.75) is 19.4 Å². The van der Waals surface area contributed by atoms with E-state index in [2.05, 4.69) is 40.2 Å². The highest BCUT2D eigenvalue weighted by Crippen LogP contribution is 2.17. The number of hydrogen-bond acceptors (Lipinski definition) is 2. The maximum atomic E-state index is 5.96. The van der Waals surface area contributed by atoms with Gasteiger partial charge in [0.2, 0.25) is 0 Å². The van der Waals surface area contributed by atoms with Gasteiger partial charge >= 0.3 is 0 Å². The van der Waals surface area contributed by atoms with Crippen molar-refractivity contribution < 1.29 is 0 Å². The first-order chi connectivity index (χ1) is 8.13. The maximum absolute atomic E-state index is 5.96. The van der Waals surface area contributed by atoms with E-state index in [4.69, 9.17) is 5.73 Å². The summed E-state index contributed by atoms with van der Waals surface area (Å²) in [4.78, 5) is 6.68. The van der Waals surface area contributed by atoms with Gasteiger partial charge in [-0.1, -0.05) is 6.58 Å². The van der Waals surface area contributed by atoms with E-state index in [9.17, 15) is 0 Å². The van der Waals surface area contributed by atoms with Crippen LogP contribution >= 0.6 is 0 Å². The van der Waals surface area contributed by atoms with E-state index in [1.807, 2.05) is 7.05 Å². The summed E-state index contributed by atoms with van der Waals surface area (Å²) in [6, 6.07) is 2.36. The Bertz CT molecular complexity index is 425. The Morgan fingerprint density at radius 2 is 2.41 bits per heavy atom. The molecule has 0 amide bonds. The van der Waals surface area contributed by atoms with Crippen molar-refractivity contribution in [3.63, 3.8) is 0 Å². The van der Waals surface area contributed by atoms with E-state index in [1.54, 1.807) is 6.20 Å². The fraction of sp³-hybridized carbons (Fsp3) is 0.462. The van der Waals surface area contributed by atoms with Crippen molar-refractivity contribution in [2.75, 3.05) is 13.1 Å². The lowest BCUT2D eigenvalue weighted by Crippen LogP contribution is -2.33. The van der Waals surface area contributed by atoms with Gasteiger partial charge in [0.05, 0.1) is 5.69 Å². The molecule has 1 saturated heterocycles. The number of amidine groups is 1. The molecule has 2 heterocycles. The summed E-state index contributed by atoms with van der Waals surface area (Å²) in [6.07, 6.45) is 4.69. The standard InChI is InChI=1S/C13H20N4/c1-4-15-13(17-8-6-11(14)9-17)12-10(2)5-7-16(12)3/h4-5,7,11H,1,6,8-9,14H2,2-3H3. The van der Waals surface area contributed by atoms with Crippen LogP contribution in [0.15, 0.2) is 30.0 Å². The number of hydrogen-bond donors (Lipinski definition) is 1. The first-order valence-corrected chi connectivity index (χ1v) is 5.95. The summed E-state index contributed by atoms with van der Waals surface area (Å²) < 4.78 is 2.10. The molecule has 1 aliphatic rings. The molecule has 1 atom stereocenters. The van der Waals surface area contributed by atoms with E-state index < -0.39 is 0 Å². The molecular weight excluding hydrogens is 212 g/mol. The van der Waals surface area contributed by atoms with Gasteiger partial charge in [0.1, 0.15) is 0 Å². The number of nitrogens with zero attached hydrogens (tertiary/aromatic N) is 3. The molecule has 0 radical (unpaired) electrons. The van der Waals surface area contributed by atoms with Gasteiger partial charge in [-0.3, -0.25) is 0 Å². The minimum Gasteiger partial charge on any atom is -0.353 e. The van der Waals surface area contributed by atoms with Crippen LogP contribution in [0, 0.1) is 6.92 Å². The van der Waals surface area contributed by atoms with Crippen LogP contribution in [0.4, 0.5) is 0 Å². The Kier molecular flexibility index (Phi) is 3.33. The van der Waals surface area contributed by atoms with Gasteiger partial charge in [-0.15, -0.1) is 0 Å². The zero-order valence-corrected chi connectivity index (χ0v) is 10.6. The molecule has 0 bridgehead atoms. The molecule has 1 unspecified atom stereocenters. The zero-order chi connectivity index (χ0) is 12.4. The lowest BCUT2D eigenvalue weighted by molar-refractivity contribution is 0.507. The minimum atomic E-state index is 0.255. The number of likely N-dealkylation sites (tertiary alicyclic amines) is 1. The fourth-order valence-corrected chi connectivity index (χ4v) is 2.35. The van der Waals surface area contributed by atoms with Gasteiger partial charge in [0.15, 0.2) is 5.84 Å². The Morgan fingerprint density at radius 1 is 1.65 bits per heavy atom. The molecule has 0 spiro atoms. The maximum Gasteiger partial charge on any atom is 0.152 e. The van der Waals surface area contributed by atoms with Crippen molar-refractivity contribution in [1.29, 1.82) is 0 Å². The summed E-state index contributed by atoms with van der Waals surface area (Å²) in [7, 11) is 2.04. The van der Waals surface area contributed by atoms with Crippen LogP contribution in [0.3, 0.4) is 0 Å². The Labute approximate surface area is 102 Å². The van der Waals surface area contributed by atoms with Crippen molar-refractivity contribution in [3.05, 3.63) is 36.3 Å². The molecule has 0 aromatic carbocycles. The van der Waals surface area contributed by atoms with Gasteiger partial charge in [0, 0.05) is 38.6 Å². The summed E-state index contributed by atoms with van der Waals surface area (Å²) in [5.41, 5.74) is 8.34. The van der Waals surface area contributed by atoms with Crippen LogP contribution < -0.4 is 5.73 Å². The van der Waals surface area contributed by atoms with Gasteiger partial charge in [-0.2, -0.15) is 0 Å². The van der Waals surface area contributed by atoms with Crippen molar-refractivity contribution in [2.24, 2.45) is 17.8 Å². The predicted octanol–water partition coefficient (Wildman–Crippen LogP) is 1.26. The molecule has 4 heteroatoms. The third-order valence-corrected chi connectivity index (χ3v) is 3.22. The van der Waals surface area contributed by atoms with E-state index >= 15 is 0 Å². The fourth-order valence-electron chi connectivity index (χ4n) is 2.35. The molecule has 1 fully saturated rings. The van der Waals surface area contributed by atoms with Crippen LogP contribution in [0.5, 0.6) is 0 Å². The van der Waals surface area contributed by atoms with Crippen LogP contribution in [0.2, 0.25) is 0 Å². The first kappa shape index (κ1) is 11.9. The highest BCUT2D eigenvalue weighted by Gasteiger charge is 2.25. The highest BCUT2D eigenvalue weighted by atomic mass is 15.2. The van der Waals surface area contributed by atoms with Crippen LogP contribution in [-0.4, -0.2) is 34.4 Å². The molecule has 92 valence electrons. The van der Waals surface area contributed by atoms with Gasteiger partial charge < -0.3 is 15.2 Å². The average molecular weight is 232 g/mol. The molecule has 0 saturated carbocycles. The van der Waals surface area contributed by atoms with Crippen molar-refractivity contribution in [1.82, 2.24) is 9.47 Å². The second kappa shape index (κ2) is 4.75. The largest absolute Gasteiger partial charge is 0.353 e. The Hall–Kier alpha value is -1.55. The van der Waals surface area contributed by atoms with E-state index in [-0.39, 0.29) is 6.04 Å². The zero-order valence-electron chi connectivity index (χ0n) is 10.6. The van der Waals surface area contributed by atoms with Gasteiger partial charge in [-0.25, -0.2) is 4.99 Å². The average Bonchev–Trinajstić information content (AvgIpc) is 2.84. The molecule has 1 aromatic rings. The third kappa shape index (κ3) is 2.26. The molecule has 0 aliphatic carbocycles. The second-order valence-electron chi connectivity index (χ2n) is 4.59. The van der Waals surface area contributed by atoms with E-state index in [1.165, 1.54) is 5.56 Å². The normalized spacial score (nSPS) is 21.0. The predicted molar refractivity (Wildman–Crippen MR) is 71.0 cm³/mol.